The molecule has 0 amide bonds. The van der Waals surface area contributed by atoms with Crippen molar-refractivity contribution in [2.24, 2.45) is 0 Å². The fourth-order valence-electron chi connectivity index (χ4n) is 7.95. The molecule has 0 spiro atoms. The van der Waals surface area contributed by atoms with E-state index in [2.05, 4.69) is 111 Å². The van der Waals surface area contributed by atoms with Crippen molar-refractivity contribution in [1.82, 2.24) is 15.0 Å². The van der Waals surface area contributed by atoms with Crippen LogP contribution in [0, 0.1) is 17.5 Å². The monoisotopic (exact) mass is 1070 g/mol. The van der Waals surface area contributed by atoms with E-state index in [1.54, 1.807) is 18.2 Å². The van der Waals surface area contributed by atoms with E-state index in [0.717, 1.165) is 56.7 Å². The molecule has 9 heteroatoms. The Morgan fingerprint density at radius 1 is 0.545 bits per heavy atom. The van der Waals surface area contributed by atoms with E-state index >= 15 is 0 Å². The Morgan fingerprint density at radius 2 is 1.20 bits per heavy atom. The molecule has 4 nitrogen and oxygen atoms in total. The first-order chi connectivity index (χ1) is 31.4. The molecule has 10 aromatic rings. The predicted molar refractivity (Wildman–Crippen MR) is 266 cm³/mol. The first-order valence-electron chi connectivity index (χ1n) is 21.9. The molecule has 0 N–H and O–H groups in total. The molecule has 0 aliphatic heterocycles. The van der Waals surface area contributed by atoms with Gasteiger partial charge in [-0.2, -0.15) is 0 Å². The quantitative estimate of drug-likeness (QED) is 0.118. The number of furan rings is 1. The summed E-state index contributed by atoms with van der Waals surface area (Å²) in [5.41, 5.74) is 10.5. The maximum absolute atomic E-state index is 14.3. The number of pyridine rings is 3. The number of hydrogen-bond acceptors (Lipinski definition) is 4. The molecule has 0 fully saturated rings. The molecule has 0 saturated carbocycles. The van der Waals surface area contributed by atoms with Crippen molar-refractivity contribution >= 4 is 46.0 Å². The van der Waals surface area contributed by atoms with Gasteiger partial charge in [-0.1, -0.05) is 144 Å². The summed E-state index contributed by atoms with van der Waals surface area (Å²) in [6.07, 6.45) is 6.88. The number of fused-ring (bicyclic) bond motifs is 4. The van der Waals surface area contributed by atoms with Crippen molar-refractivity contribution in [3.63, 3.8) is 0 Å². The zero-order chi connectivity index (χ0) is 45.7. The van der Waals surface area contributed by atoms with E-state index in [0.29, 0.717) is 22.6 Å². The van der Waals surface area contributed by atoms with E-state index in [9.17, 15) is 13.2 Å². The second-order valence-corrected chi connectivity index (χ2v) is 22.4. The minimum atomic E-state index is -1.49. The molecular weight excluding hydrogens is 1020 g/mol. The van der Waals surface area contributed by atoms with Crippen molar-refractivity contribution < 1.29 is 37.7 Å². The number of halogens is 3. The molecule has 0 unspecified atom stereocenters. The topological polar surface area (TPSA) is 51.8 Å². The number of para-hydroxylation sites is 1. The van der Waals surface area contributed by atoms with Crippen LogP contribution in [0.2, 0.25) is 19.6 Å². The Morgan fingerprint density at radius 3 is 1.86 bits per heavy atom. The Balaban J connectivity index is 0.000000162. The van der Waals surface area contributed by atoms with Crippen LogP contribution in [0.1, 0.15) is 37.8 Å². The van der Waals surface area contributed by atoms with E-state index in [1.165, 1.54) is 33.5 Å². The molecule has 0 saturated heterocycles. The van der Waals surface area contributed by atoms with Gasteiger partial charge in [0.05, 0.1) is 25.2 Å². The third-order valence-electron chi connectivity index (χ3n) is 11.5. The van der Waals surface area contributed by atoms with Crippen LogP contribution in [0.5, 0.6) is 0 Å². The molecule has 0 aliphatic rings. The summed E-state index contributed by atoms with van der Waals surface area (Å²) in [4.78, 5) is 13.7. The molecule has 0 bridgehead atoms. The van der Waals surface area contributed by atoms with Crippen LogP contribution >= 0.6 is 0 Å². The van der Waals surface area contributed by atoms with Gasteiger partial charge in [0, 0.05) is 77.1 Å². The van der Waals surface area contributed by atoms with Crippen molar-refractivity contribution in [2.45, 2.75) is 52.8 Å². The first-order valence-corrected chi connectivity index (χ1v) is 25.4. The van der Waals surface area contributed by atoms with Gasteiger partial charge in [-0.3, -0.25) is 15.0 Å². The van der Waals surface area contributed by atoms with Gasteiger partial charge in [0.2, 0.25) is 0 Å². The maximum Gasteiger partial charge on any atom is 0.195 e. The minimum absolute atomic E-state index is 0. The van der Waals surface area contributed by atoms with E-state index in [-0.39, 0.29) is 25.7 Å². The second-order valence-electron chi connectivity index (χ2n) is 17.3. The Labute approximate surface area is 399 Å². The summed E-state index contributed by atoms with van der Waals surface area (Å²) in [6.45, 7) is 13.9. The number of aryl methyl sites for hydroxylation is 1. The van der Waals surface area contributed by atoms with Gasteiger partial charge in [0.15, 0.2) is 17.5 Å². The van der Waals surface area contributed by atoms with Gasteiger partial charge < -0.3 is 4.42 Å². The van der Waals surface area contributed by atoms with Crippen LogP contribution in [-0.2, 0) is 26.5 Å². The molecule has 4 aromatic heterocycles. The smallest absolute Gasteiger partial charge is 0.195 e. The number of rotatable bonds is 7. The van der Waals surface area contributed by atoms with E-state index in [1.807, 2.05) is 85.2 Å². The summed E-state index contributed by atoms with van der Waals surface area (Å²) < 4.78 is 47.5. The normalized spacial score (nSPS) is 11.2. The minimum Gasteiger partial charge on any atom is -0.455 e. The molecule has 4 heterocycles. The van der Waals surface area contributed by atoms with Crippen molar-refractivity contribution in [1.29, 1.82) is 0 Å². The van der Waals surface area contributed by atoms with Gasteiger partial charge in [-0.25, -0.2) is 13.2 Å². The number of aromatic nitrogens is 3. The molecular formula is C57H50F3IrN3OSi. The summed E-state index contributed by atoms with van der Waals surface area (Å²) >= 11 is 0. The summed E-state index contributed by atoms with van der Waals surface area (Å²) in [6, 6.07) is 50.3. The third-order valence-corrected chi connectivity index (χ3v) is 13.5. The molecule has 66 heavy (non-hydrogen) atoms. The fraction of sp³-hybridized carbons (Fsp3) is 0.140. The van der Waals surface area contributed by atoms with Crippen LogP contribution in [0.4, 0.5) is 13.2 Å². The molecule has 1 radical (unpaired) electrons. The van der Waals surface area contributed by atoms with E-state index < -0.39 is 25.5 Å². The third kappa shape index (κ3) is 10.4. The molecule has 333 valence electrons. The largest absolute Gasteiger partial charge is 0.455 e. The van der Waals surface area contributed by atoms with Gasteiger partial charge in [-0.05, 0) is 94.2 Å². The molecule has 0 aliphatic carbocycles. The summed E-state index contributed by atoms with van der Waals surface area (Å²) in [5.74, 6) is -3.38. The average molecular weight is 1070 g/mol. The van der Waals surface area contributed by atoms with E-state index in [4.69, 9.17) is 9.40 Å². The van der Waals surface area contributed by atoms with Gasteiger partial charge in [-0.15, -0.1) is 0 Å². The van der Waals surface area contributed by atoms with Crippen LogP contribution in [0.25, 0.3) is 77.6 Å². The molecule has 6 aromatic carbocycles. The second kappa shape index (κ2) is 20.8. The standard InChI is InChI=1S/C27H14F3NO.C17H23NSi.C13H13N.Ir/c28-22-11-10-18(25(29)26(22)30)16-8-9-19-20-6-3-7-21(27(20)32-24(19)13-16)23-12-15-4-1-2-5-17(15)14-31-23;1-13(2)15-11-16(14-9-7-6-8-10-14)18-12-17(15)19(3,4)5;1-2-11-8-9-14-13(10-11)12-6-4-3-5-7-12;/h1-14H;6-13H,1-5H3;3-10H,2H2,1H3;. The fourth-order valence-corrected chi connectivity index (χ4v) is 9.63. The van der Waals surface area contributed by atoms with Crippen molar-refractivity contribution in [3.8, 4) is 44.9 Å². The van der Waals surface area contributed by atoms with Crippen LogP contribution in [0.3, 0.4) is 0 Å². The van der Waals surface area contributed by atoms with Crippen LogP contribution < -0.4 is 5.19 Å². The maximum atomic E-state index is 14.3. The number of hydrogen-bond donors (Lipinski definition) is 0. The summed E-state index contributed by atoms with van der Waals surface area (Å²) in [5, 5.41) is 5.34. The van der Waals surface area contributed by atoms with Gasteiger partial charge in [0.25, 0.3) is 0 Å². The van der Waals surface area contributed by atoms with Gasteiger partial charge >= 0.3 is 0 Å². The zero-order valence-electron chi connectivity index (χ0n) is 37.7. The van der Waals surface area contributed by atoms with Gasteiger partial charge in [0.1, 0.15) is 11.2 Å². The number of nitrogens with zero attached hydrogens (tertiary/aromatic N) is 3. The molecule has 0 atom stereocenters. The Bertz CT molecular complexity index is 3260. The SMILES string of the molecule is CC(C)c1cc(-c2ccccc2)ncc1[Si](C)(C)C.CCc1ccnc(-c2ccccc2)c1.Fc1ccc(-c2ccc3c(c2)oc2c(-c4cc5ccccc5cn4)cccc23)c(F)c1F.[Ir]. The zero-order valence-corrected chi connectivity index (χ0v) is 41.1. The Hall–Kier alpha value is -6.51. The first kappa shape index (κ1) is 47.4. The van der Waals surface area contributed by atoms with Crippen LogP contribution in [0.15, 0.2) is 181 Å². The van der Waals surface area contributed by atoms with Crippen molar-refractivity contribution in [3.05, 3.63) is 205 Å². The van der Waals surface area contributed by atoms with Crippen molar-refractivity contribution in [2.75, 3.05) is 0 Å². The molecule has 10 rings (SSSR count). The Kier molecular flexibility index (Phi) is 14.9. The average Bonchev–Trinajstić information content (AvgIpc) is 3.72. The summed E-state index contributed by atoms with van der Waals surface area (Å²) in [7, 11) is -1.33. The number of benzene rings is 6. The van der Waals surface area contributed by atoms with Crippen LogP contribution in [-0.4, -0.2) is 23.0 Å². The predicted octanol–water partition coefficient (Wildman–Crippen LogP) is 15.6.